The van der Waals surface area contributed by atoms with Crippen molar-refractivity contribution in [3.8, 4) is 5.75 Å². The van der Waals surface area contributed by atoms with Gasteiger partial charge in [-0.2, -0.15) is 13.2 Å². The maximum Gasteiger partial charge on any atom is 0.416 e. The van der Waals surface area contributed by atoms with Crippen molar-refractivity contribution < 1.29 is 41.8 Å². The van der Waals surface area contributed by atoms with Crippen molar-refractivity contribution in [1.29, 1.82) is 0 Å². The van der Waals surface area contributed by atoms with E-state index in [0.717, 1.165) is 30.5 Å². The third kappa shape index (κ3) is 6.64. The first kappa shape index (κ1) is 24.8. The number of rotatable bonds is 6. The minimum atomic E-state index is -4.44. The summed E-state index contributed by atoms with van der Waals surface area (Å²) in [7, 11) is 0. The van der Waals surface area contributed by atoms with E-state index in [-0.39, 0.29) is 6.61 Å². The fraction of sp³-hybridized carbons (Fsp3) is 0.417. The van der Waals surface area contributed by atoms with Crippen LogP contribution in [-0.2, 0) is 38.3 Å². The van der Waals surface area contributed by atoms with Gasteiger partial charge in [-0.05, 0) is 55.0 Å². The fourth-order valence-corrected chi connectivity index (χ4v) is 3.77. The summed E-state index contributed by atoms with van der Waals surface area (Å²) in [5, 5.41) is 2.57. The molecule has 0 aromatic heterocycles. The Morgan fingerprint density at radius 3 is 2.57 bits per heavy atom. The second-order valence-electron chi connectivity index (χ2n) is 8.22. The zero-order chi connectivity index (χ0) is 24.8. The van der Waals surface area contributed by atoms with E-state index < -0.39 is 36.1 Å². The number of aryl methyl sites for hydroxylation is 1. The molecule has 4 rings (SSSR count). The third-order valence-electron chi connectivity index (χ3n) is 5.64. The third-order valence-corrected chi connectivity index (χ3v) is 5.64. The Kier molecular flexibility index (Phi) is 7.76. The van der Waals surface area contributed by atoms with Gasteiger partial charge >= 0.3 is 12.3 Å². The van der Waals surface area contributed by atoms with Gasteiger partial charge in [0.15, 0.2) is 12.4 Å². The van der Waals surface area contributed by atoms with Crippen LogP contribution in [0.15, 0.2) is 42.5 Å². The van der Waals surface area contributed by atoms with E-state index in [1.807, 2.05) is 6.07 Å². The molecule has 2 N–H and O–H groups in total. The topological polar surface area (TPSA) is 95.1 Å². The Labute approximate surface area is 199 Å². The first-order valence-electron chi connectivity index (χ1n) is 11.2. The van der Waals surface area contributed by atoms with Crippen LogP contribution in [0.4, 0.5) is 23.7 Å². The van der Waals surface area contributed by atoms with Crippen molar-refractivity contribution in [3.05, 3.63) is 59.2 Å². The number of hydrogen-bond acceptors (Lipinski definition) is 6. The van der Waals surface area contributed by atoms with Crippen LogP contribution < -0.4 is 15.5 Å². The number of carbonyl (C=O) groups is 2. The van der Waals surface area contributed by atoms with Crippen molar-refractivity contribution >= 4 is 17.7 Å². The van der Waals surface area contributed by atoms with Crippen LogP contribution in [0.2, 0.25) is 0 Å². The van der Waals surface area contributed by atoms with Crippen molar-refractivity contribution in [2.24, 2.45) is 0 Å². The van der Waals surface area contributed by atoms with Crippen LogP contribution in [0.5, 0.6) is 5.75 Å². The van der Waals surface area contributed by atoms with Gasteiger partial charge in [0, 0.05) is 13.0 Å². The maximum absolute atomic E-state index is 12.7. The lowest BCUT2D eigenvalue weighted by atomic mass is 10.0. The van der Waals surface area contributed by atoms with Gasteiger partial charge in [0.2, 0.25) is 0 Å². The maximum atomic E-state index is 12.7. The number of hydrogen-bond donors (Lipinski definition) is 2. The van der Waals surface area contributed by atoms with Crippen molar-refractivity contribution in [1.82, 2.24) is 5.48 Å². The number of hydroxylamine groups is 1. The quantitative estimate of drug-likeness (QED) is 0.565. The summed E-state index contributed by atoms with van der Waals surface area (Å²) in [6, 6.07) is 9.50. The molecule has 2 aromatic carbocycles. The number of fused-ring (bicyclic) bond motifs is 1. The van der Waals surface area contributed by atoms with E-state index in [1.54, 1.807) is 12.1 Å². The zero-order valence-electron chi connectivity index (χ0n) is 18.7. The summed E-state index contributed by atoms with van der Waals surface area (Å²) >= 11 is 0. The highest BCUT2D eigenvalue weighted by Gasteiger charge is 2.31. The molecule has 2 atom stereocenters. The molecule has 1 saturated heterocycles. The number of amides is 2. The van der Waals surface area contributed by atoms with Gasteiger partial charge in [-0.15, -0.1) is 0 Å². The largest absolute Gasteiger partial charge is 0.478 e. The summed E-state index contributed by atoms with van der Waals surface area (Å²) < 4.78 is 54.4. The van der Waals surface area contributed by atoms with Crippen LogP contribution >= 0.6 is 0 Å². The van der Waals surface area contributed by atoms with Gasteiger partial charge in [0.05, 0.1) is 11.3 Å². The van der Waals surface area contributed by atoms with Crippen LogP contribution in [0.25, 0.3) is 0 Å². The fourth-order valence-electron chi connectivity index (χ4n) is 3.77. The summed E-state index contributed by atoms with van der Waals surface area (Å²) in [5.74, 6) is -0.108. The van der Waals surface area contributed by atoms with Crippen molar-refractivity contribution in [3.63, 3.8) is 0 Å². The molecule has 0 saturated carbocycles. The first-order valence-corrected chi connectivity index (χ1v) is 11.2. The molecule has 0 bridgehead atoms. The van der Waals surface area contributed by atoms with Crippen LogP contribution in [0.1, 0.15) is 42.4 Å². The normalized spacial score (nSPS) is 19.7. The molecule has 2 heterocycles. The van der Waals surface area contributed by atoms with Gasteiger partial charge in [0.1, 0.15) is 12.4 Å². The predicted molar refractivity (Wildman–Crippen MR) is 117 cm³/mol. The number of alkyl halides is 3. The molecule has 2 amide bonds. The average molecular weight is 494 g/mol. The molecule has 2 aromatic rings. The SMILES string of the molecule is O=C(Nc1cccc2c1OC(C(=O)NOC1CCCCO1)CC2)OCc1ccc(C(F)(F)F)cc1. The number of anilines is 1. The number of benzene rings is 2. The molecule has 2 aliphatic rings. The molecule has 0 spiro atoms. The number of carbonyl (C=O) groups excluding carboxylic acids is 2. The minimum absolute atomic E-state index is 0.217. The smallest absolute Gasteiger partial charge is 0.416 e. The lowest BCUT2D eigenvalue weighted by molar-refractivity contribution is -0.203. The highest BCUT2D eigenvalue weighted by molar-refractivity contribution is 5.88. The number of ether oxygens (including phenoxy) is 3. The van der Waals surface area contributed by atoms with Crippen LogP contribution in [0.3, 0.4) is 0 Å². The Bertz CT molecular complexity index is 1040. The summed E-state index contributed by atoms with van der Waals surface area (Å²) in [5.41, 5.74) is 3.14. The molecule has 2 aliphatic heterocycles. The van der Waals surface area contributed by atoms with Gasteiger partial charge in [-0.25, -0.2) is 15.1 Å². The van der Waals surface area contributed by atoms with Crippen molar-refractivity contribution in [2.75, 3.05) is 11.9 Å². The standard InChI is InChI=1S/C24H25F3N2O6/c25-24(26,27)17-10-7-15(8-11-17)14-33-23(31)28-18-5-3-4-16-9-12-19(34-21(16)18)22(30)29-35-20-6-1-2-13-32-20/h3-5,7-8,10-11,19-20H,1-2,6,9,12-14H2,(H,28,31)(H,29,30). The molecule has 1 fully saturated rings. The number of halogens is 3. The van der Waals surface area contributed by atoms with E-state index in [4.69, 9.17) is 19.0 Å². The molecule has 8 nitrogen and oxygen atoms in total. The Morgan fingerprint density at radius 2 is 1.86 bits per heavy atom. The summed E-state index contributed by atoms with van der Waals surface area (Å²) in [6.45, 7) is 0.364. The molecule has 0 radical (unpaired) electrons. The van der Waals surface area contributed by atoms with E-state index in [2.05, 4.69) is 10.8 Å². The van der Waals surface area contributed by atoms with Gasteiger partial charge in [-0.3, -0.25) is 10.1 Å². The molecular weight excluding hydrogens is 469 g/mol. The van der Waals surface area contributed by atoms with Gasteiger partial charge in [0.25, 0.3) is 5.91 Å². The van der Waals surface area contributed by atoms with Crippen LogP contribution in [0, 0.1) is 0 Å². The van der Waals surface area contributed by atoms with E-state index >= 15 is 0 Å². The molecular formula is C24H25F3N2O6. The second kappa shape index (κ2) is 11.0. The number of para-hydroxylation sites is 1. The Hall–Kier alpha value is -3.31. The molecule has 11 heteroatoms. The summed E-state index contributed by atoms with van der Waals surface area (Å²) in [6.07, 6.45) is -2.98. The summed E-state index contributed by atoms with van der Waals surface area (Å²) in [4.78, 5) is 30.2. The Balaban J connectivity index is 1.31. The molecule has 188 valence electrons. The van der Waals surface area contributed by atoms with Gasteiger partial charge in [-0.1, -0.05) is 24.3 Å². The first-order chi connectivity index (χ1) is 16.8. The molecule has 35 heavy (non-hydrogen) atoms. The highest BCUT2D eigenvalue weighted by Crippen LogP contribution is 2.35. The van der Waals surface area contributed by atoms with Gasteiger partial charge < -0.3 is 14.2 Å². The highest BCUT2D eigenvalue weighted by atomic mass is 19.4. The predicted octanol–water partition coefficient (Wildman–Crippen LogP) is 4.72. The lowest BCUT2D eigenvalue weighted by Crippen LogP contribution is -2.43. The zero-order valence-corrected chi connectivity index (χ0v) is 18.7. The lowest BCUT2D eigenvalue weighted by Gasteiger charge is -2.28. The van der Waals surface area contributed by atoms with Crippen molar-refractivity contribution in [2.45, 2.75) is 57.3 Å². The molecule has 0 aliphatic carbocycles. The average Bonchev–Trinajstić information content (AvgIpc) is 2.86. The molecule has 2 unspecified atom stereocenters. The minimum Gasteiger partial charge on any atom is -0.478 e. The van der Waals surface area contributed by atoms with Crippen LogP contribution in [-0.4, -0.2) is 31.0 Å². The van der Waals surface area contributed by atoms with E-state index in [9.17, 15) is 22.8 Å². The monoisotopic (exact) mass is 494 g/mol. The second-order valence-corrected chi connectivity index (χ2v) is 8.22. The van der Waals surface area contributed by atoms with E-state index in [1.165, 1.54) is 12.1 Å². The number of nitrogens with one attached hydrogen (secondary N) is 2. The Morgan fingerprint density at radius 1 is 1.06 bits per heavy atom. The van der Waals surface area contributed by atoms with E-state index in [0.29, 0.717) is 42.9 Å².